The molecule has 3 unspecified atom stereocenters. The largest absolute Gasteiger partial charge is 0.481 e. The normalized spacial score (nSPS) is 34.7. The van der Waals surface area contributed by atoms with Crippen LogP contribution in [0, 0.1) is 5.92 Å². The Kier molecular flexibility index (Phi) is 3.73. The van der Waals surface area contributed by atoms with Crippen molar-refractivity contribution in [3.63, 3.8) is 0 Å². The van der Waals surface area contributed by atoms with Gasteiger partial charge in [-0.15, -0.1) is 0 Å². The van der Waals surface area contributed by atoms with Crippen molar-refractivity contribution < 1.29 is 19.5 Å². The number of fused-ring (bicyclic) bond motifs is 2. The summed E-state index contributed by atoms with van der Waals surface area (Å²) in [5.41, 5.74) is 0. The molecule has 7 heteroatoms. The molecule has 0 saturated carbocycles. The third-order valence-electron chi connectivity index (χ3n) is 4.83. The molecule has 3 amide bonds. The lowest BCUT2D eigenvalue weighted by Gasteiger charge is -2.39. The van der Waals surface area contributed by atoms with Crippen molar-refractivity contribution in [3.8, 4) is 0 Å². The number of carboxylic acids is 1. The van der Waals surface area contributed by atoms with Crippen molar-refractivity contribution in [2.75, 3.05) is 6.54 Å². The Morgan fingerprint density at radius 2 is 1.95 bits per heavy atom. The second-order valence-corrected chi connectivity index (χ2v) is 6.38. The number of carbonyl (C=O) groups is 3. The number of piperidine rings is 1. The van der Waals surface area contributed by atoms with E-state index in [4.69, 9.17) is 5.11 Å². The molecular weight excluding hydrogens is 274 g/mol. The van der Waals surface area contributed by atoms with Crippen LogP contribution in [0.2, 0.25) is 0 Å². The van der Waals surface area contributed by atoms with Crippen LogP contribution < -0.4 is 10.6 Å². The fourth-order valence-electron chi connectivity index (χ4n) is 3.99. The van der Waals surface area contributed by atoms with Crippen LogP contribution in [0.1, 0.15) is 38.5 Å². The summed E-state index contributed by atoms with van der Waals surface area (Å²) in [7, 11) is 0. The van der Waals surface area contributed by atoms with Gasteiger partial charge in [-0.25, -0.2) is 4.79 Å². The number of nitrogens with one attached hydrogen (secondary N) is 2. The van der Waals surface area contributed by atoms with Gasteiger partial charge >= 0.3 is 12.0 Å². The topological polar surface area (TPSA) is 98.7 Å². The number of hydrogen-bond acceptors (Lipinski definition) is 3. The summed E-state index contributed by atoms with van der Waals surface area (Å²) < 4.78 is 0. The number of nitrogens with zero attached hydrogens (tertiary/aromatic N) is 1. The summed E-state index contributed by atoms with van der Waals surface area (Å²) in [5, 5.41) is 14.5. The Bertz CT molecular complexity index is 453. The van der Waals surface area contributed by atoms with Gasteiger partial charge in [0.15, 0.2) is 0 Å². The Morgan fingerprint density at radius 3 is 2.48 bits per heavy atom. The standard InChI is InChI=1S/C14H21N3O4/c18-12-6-9(7-15-12)16-14(21)17-10-1-2-11(17)4-8(3-10)5-13(19)20/h8-11H,1-7H2,(H,15,18)(H,16,21)(H,19,20). The molecule has 0 aromatic carbocycles. The minimum atomic E-state index is -0.757. The monoisotopic (exact) mass is 295 g/mol. The summed E-state index contributed by atoms with van der Waals surface area (Å²) in [6.07, 6.45) is 4.00. The predicted octanol–water partition coefficient (Wildman–Crippen LogP) is 0.302. The third-order valence-corrected chi connectivity index (χ3v) is 4.83. The van der Waals surface area contributed by atoms with Gasteiger partial charge in [-0.3, -0.25) is 9.59 Å². The summed E-state index contributed by atoms with van der Waals surface area (Å²) in [6, 6.07) is 0.0789. The maximum absolute atomic E-state index is 12.4. The maximum atomic E-state index is 12.4. The molecule has 3 rings (SSSR count). The van der Waals surface area contributed by atoms with Crippen LogP contribution in [0.25, 0.3) is 0 Å². The molecule has 3 aliphatic rings. The Balaban J connectivity index is 1.58. The van der Waals surface area contributed by atoms with Gasteiger partial charge in [0.1, 0.15) is 0 Å². The second kappa shape index (κ2) is 5.54. The molecule has 3 atom stereocenters. The molecule has 0 aromatic rings. The van der Waals surface area contributed by atoms with E-state index in [-0.39, 0.29) is 42.4 Å². The minimum Gasteiger partial charge on any atom is -0.481 e. The lowest BCUT2D eigenvalue weighted by Crippen LogP contribution is -2.53. The zero-order valence-corrected chi connectivity index (χ0v) is 11.9. The number of urea groups is 1. The van der Waals surface area contributed by atoms with E-state index in [0.29, 0.717) is 13.0 Å². The van der Waals surface area contributed by atoms with Gasteiger partial charge in [0.2, 0.25) is 5.91 Å². The van der Waals surface area contributed by atoms with Crippen LogP contribution in [0.4, 0.5) is 4.79 Å². The number of carbonyl (C=O) groups excluding carboxylic acids is 2. The van der Waals surface area contributed by atoms with E-state index in [1.54, 1.807) is 0 Å². The predicted molar refractivity (Wildman–Crippen MR) is 73.6 cm³/mol. The van der Waals surface area contributed by atoms with E-state index < -0.39 is 5.97 Å². The van der Waals surface area contributed by atoms with E-state index >= 15 is 0 Å². The van der Waals surface area contributed by atoms with Crippen molar-refractivity contribution in [1.29, 1.82) is 0 Å². The van der Waals surface area contributed by atoms with E-state index in [2.05, 4.69) is 10.6 Å². The highest BCUT2D eigenvalue weighted by Crippen LogP contribution is 2.39. The Labute approximate surface area is 123 Å². The van der Waals surface area contributed by atoms with Crippen molar-refractivity contribution in [2.24, 2.45) is 5.92 Å². The summed E-state index contributed by atoms with van der Waals surface area (Å²) >= 11 is 0. The Hall–Kier alpha value is -1.79. The average molecular weight is 295 g/mol. The number of rotatable bonds is 3. The number of aliphatic carboxylic acids is 1. The highest BCUT2D eigenvalue weighted by Gasteiger charge is 2.44. The minimum absolute atomic E-state index is 0.0246. The molecule has 2 bridgehead atoms. The van der Waals surface area contributed by atoms with Crippen LogP contribution in [0.5, 0.6) is 0 Å². The second-order valence-electron chi connectivity index (χ2n) is 6.38. The fraction of sp³-hybridized carbons (Fsp3) is 0.786. The van der Waals surface area contributed by atoms with Gasteiger partial charge in [0.25, 0.3) is 0 Å². The number of amides is 3. The first-order chi connectivity index (χ1) is 10.0. The van der Waals surface area contributed by atoms with Crippen molar-refractivity contribution in [2.45, 2.75) is 56.7 Å². The van der Waals surface area contributed by atoms with E-state index in [0.717, 1.165) is 25.7 Å². The molecule has 7 nitrogen and oxygen atoms in total. The molecule has 0 aromatic heterocycles. The maximum Gasteiger partial charge on any atom is 0.318 e. The van der Waals surface area contributed by atoms with E-state index in [1.165, 1.54) is 0 Å². The molecule has 3 heterocycles. The van der Waals surface area contributed by atoms with Gasteiger partial charge < -0.3 is 20.6 Å². The molecule has 0 radical (unpaired) electrons. The van der Waals surface area contributed by atoms with Crippen LogP contribution in [-0.2, 0) is 9.59 Å². The molecule has 3 aliphatic heterocycles. The van der Waals surface area contributed by atoms with Crippen LogP contribution in [0.3, 0.4) is 0 Å². The SMILES string of the molecule is O=C(O)CC1CC2CCC(C1)N2C(=O)NC1CNC(=O)C1. The summed E-state index contributed by atoms with van der Waals surface area (Å²) in [6.45, 7) is 0.495. The number of carboxylic acid groups (broad SMARTS) is 1. The van der Waals surface area contributed by atoms with Crippen LogP contribution in [0.15, 0.2) is 0 Å². The smallest absolute Gasteiger partial charge is 0.318 e. The third kappa shape index (κ3) is 2.96. The molecule has 0 aliphatic carbocycles. The zero-order chi connectivity index (χ0) is 15.0. The molecule has 3 fully saturated rings. The highest BCUT2D eigenvalue weighted by molar-refractivity contribution is 5.81. The summed E-state index contributed by atoms with van der Waals surface area (Å²) in [5.74, 6) is -0.602. The molecule has 0 spiro atoms. The first-order valence-corrected chi connectivity index (χ1v) is 7.60. The molecule has 21 heavy (non-hydrogen) atoms. The lowest BCUT2D eigenvalue weighted by molar-refractivity contribution is -0.138. The summed E-state index contributed by atoms with van der Waals surface area (Å²) in [4.78, 5) is 36.3. The van der Waals surface area contributed by atoms with Crippen molar-refractivity contribution in [1.82, 2.24) is 15.5 Å². The Morgan fingerprint density at radius 1 is 1.29 bits per heavy atom. The first kappa shape index (κ1) is 14.2. The first-order valence-electron chi connectivity index (χ1n) is 7.60. The van der Waals surface area contributed by atoms with Gasteiger partial charge in [0.05, 0.1) is 6.04 Å². The van der Waals surface area contributed by atoms with Crippen LogP contribution in [-0.4, -0.2) is 52.6 Å². The van der Waals surface area contributed by atoms with Crippen LogP contribution >= 0.6 is 0 Å². The molecular formula is C14H21N3O4. The van der Waals surface area contributed by atoms with E-state index in [1.807, 2.05) is 4.90 Å². The fourth-order valence-corrected chi connectivity index (χ4v) is 3.99. The quantitative estimate of drug-likeness (QED) is 0.697. The van der Waals surface area contributed by atoms with Crippen molar-refractivity contribution >= 4 is 17.9 Å². The number of hydrogen-bond donors (Lipinski definition) is 3. The average Bonchev–Trinajstić information content (AvgIpc) is 2.91. The van der Waals surface area contributed by atoms with Gasteiger partial charge in [0, 0.05) is 31.5 Å². The van der Waals surface area contributed by atoms with E-state index in [9.17, 15) is 14.4 Å². The molecule has 3 N–H and O–H groups in total. The van der Waals surface area contributed by atoms with Crippen molar-refractivity contribution in [3.05, 3.63) is 0 Å². The van der Waals surface area contributed by atoms with Gasteiger partial charge in [-0.05, 0) is 31.6 Å². The zero-order valence-electron chi connectivity index (χ0n) is 11.9. The van der Waals surface area contributed by atoms with Gasteiger partial charge in [-0.2, -0.15) is 0 Å². The molecule has 116 valence electrons. The van der Waals surface area contributed by atoms with Gasteiger partial charge in [-0.1, -0.05) is 0 Å². The molecule has 3 saturated heterocycles. The highest BCUT2D eigenvalue weighted by atomic mass is 16.4. The lowest BCUT2D eigenvalue weighted by atomic mass is 9.88.